The molecule has 0 saturated carbocycles. The molecule has 0 aliphatic rings. The van der Waals surface area contributed by atoms with E-state index in [0.717, 1.165) is 6.42 Å². The van der Waals surface area contributed by atoms with Crippen LogP contribution in [-0.2, 0) is 0 Å². The van der Waals surface area contributed by atoms with Crippen molar-refractivity contribution in [1.82, 2.24) is 15.0 Å². The van der Waals surface area contributed by atoms with Crippen LogP contribution in [0.5, 0.6) is 0 Å². The lowest BCUT2D eigenvalue weighted by molar-refractivity contribution is -0.384. The molecule has 8 nitrogen and oxygen atoms in total. The van der Waals surface area contributed by atoms with Crippen LogP contribution < -0.4 is 10.6 Å². The second kappa shape index (κ2) is 6.99. The van der Waals surface area contributed by atoms with Gasteiger partial charge in [0.2, 0.25) is 17.2 Å². The lowest BCUT2D eigenvalue weighted by Gasteiger charge is -2.12. The number of hydrogen-bond acceptors (Lipinski definition) is 7. The first-order valence-electron chi connectivity index (χ1n) is 6.67. The Bertz CT molecular complexity index is 681. The maximum atomic E-state index is 10.8. The molecule has 0 spiro atoms. The average molecular weight is 323 g/mol. The van der Waals surface area contributed by atoms with Crippen molar-refractivity contribution in [3.63, 3.8) is 0 Å². The fourth-order valence-electron chi connectivity index (χ4n) is 1.62. The van der Waals surface area contributed by atoms with Crippen LogP contribution in [0.4, 0.5) is 23.3 Å². The molecular formula is C13H15ClN6O2. The fourth-order valence-corrected chi connectivity index (χ4v) is 1.78. The lowest BCUT2D eigenvalue weighted by atomic mass is 10.3. The average Bonchev–Trinajstić information content (AvgIpc) is 2.46. The molecule has 2 aromatic rings. The molecule has 22 heavy (non-hydrogen) atoms. The van der Waals surface area contributed by atoms with Gasteiger partial charge in [-0.1, -0.05) is 13.0 Å². The minimum atomic E-state index is -0.471. The molecule has 2 rings (SSSR count). The first kappa shape index (κ1) is 15.9. The Morgan fingerprint density at radius 1 is 1.32 bits per heavy atom. The van der Waals surface area contributed by atoms with Crippen molar-refractivity contribution in [1.29, 1.82) is 0 Å². The minimum absolute atomic E-state index is 0.0249. The van der Waals surface area contributed by atoms with Crippen LogP contribution in [0.2, 0.25) is 5.28 Å². The molecule has 1 aromatic heterocycles. The minimum Gasteiger partial charge on any atom is -0.352 e. The number of nitro benzene ring substituents is 1. The predicted molar refractivity (Wildman–Crippen MR) is 84.6 cm³/mol. The number of hydrogen-bond donors (Lipinski definition) is 2. The molecule has 0 aliphatic heterocycles. The van der Waals surface area contributed by atoms with E-state index in [9.17, 15) is 10.1 Å². The highest BCUT2D eigenvalue weighted by atomic mass is 35.5. The molecule has 1 atom stereocenters. The third-order valence-corrected chi connectivity index (χ3v) is 3.08. The normalized spacial score (nSPS) is 11.8. The Morgan fingerprint density at radius 2 is 2.05 bits per heavy atom. The fraction of sp³-hybridized carbons (Fsp3) is 0.308. The number of nitrogens with zero attached hydrogens (tertiary/aromatic N) is 4. The Morgan fingerprint density at radius 3 is 2.73 bits per heavy atom. The molecule has 0 amide bonds. The monoisotopic (exact) mass is 322 g/mol. The number of benzene rings is 1. The van der Waals surface area contributed by atoms with Crippen molar-refractivity contribution in [3.05, 3.63) is 39.7 Å². The summed E-state index contributed by atoms with van der Waals surface area (Å²) in [6, 6.07) is 6.22. The molecule has 0 aliphatic carbocycles. The van der Waals surface area contributed by atoms with Gasteiger partial charge in [0.1, 0.15) is 0 Å². The van der Waals surface area contributed by atoms with Gasteiger partial charge in [0.25, 0.3) is 5.69 Å². The zero-order chi connectivity index (χ0) is 16.1. The molecule has 0 saturated heterocycles. The Hall–Kier alpha value is -2.48. The molecular weight excluding hydrogens is 308 g/mol. The van der Waals surface area contributed by atoms with Gasteiger partial charge in [0.15, 0.2) is 0 Å². The summed E-state index contributed by atoms with van der Waals surface area (Å²) >= 11 is 5.87. The summed E-state index contributed by atoms with van der Waals surface area (Å²) in [5, 5.41) is 16.8. The summed E-state index contributed by atoms with van der Waals surface area (Å²) in [7, 11) is 0. The standard InChI is InChI=1S/C13H15ClN6O2/c1-3-8(2)15-12-17-11(14)18-13(19-12)16-9-5-4-6-10(7-9)20(21)22/h4-8H,3H2,1-2H3,(H2,15,16,17,18,19)/t8-/m1/s1. The quantitative estimate of drug-likeness (QED) is 0.620. The predicted octanol–water partition coefficient (Wildman–Crippen LogP) is 3.39. The number of aromatic nitrogens is 3. The van der Waals surface area contributed by atoms with Crippen LogP contribution in [0, 0.1) is 10.1 Å². The maximum absolute atomic E-state index is 10.8. The summed E-state index contributed by atoms with van der Waals surface area (Å²) in [5.41, 5.74) is 0.467. The molecule has 0 fully saturated rings. The number of rotatable bonds is 6. The van der Waals surface area contributed by atoms with Gasteiger partial charge < -0.3 is 10.6 Å². The van der Waals surface area contributed by atoms with Crippen molar-refractivity contribution in [3.8, 4) is 0 Å². The van der Waals surface area contributed by atoms with Crippen molar-refractivity contribution < 1.29 is 4.92 Å². The van der Waals surface area contributed by atoms with Gasteiger partial charge in [-0.15, -0.1) is 0 Å². The van der Waals surface area contributed by atoms with E-state index in [1.807, 2.05) is 13.8 Å². The third-order valence-electron chi connectivity index (χ3n) is 2.91. The first-order valence-corrected chi connectivity index (χ1v) is 7.05. The zero-order valence-corrected chi connectivity index (χ0v) is 12.8. The number of nitrogens with one attached hydrogen (secondary N) is 2. The molecule has 0 radical (unpaired) electrons. The van der Waals surface area contributed by atoms with Crippen LogP contribution in [0.3, 0.4) is 0 Å². The summed E-state index contributed by atoms with van der Waals surface area (Å²) in [6.07, 6.45) is 0.900. The third kappa shape index (κ3) is 4.26. The lowest BCUT2D eigenvalue weighted by Crippen LogP contribution is -2.16. The van der Waals surface area contributed by atoms with Crippen molar-refractivity contribution in [2.45, 2.75) is 26.3 Å². The van der Waals surface area contributed by atoms with E-state index < -0.39 is 4.92 Å². The van der Waals surface area contributed by atoms with Crippen LogP contribution in [0.1, 0.15) is 20.3 Å². The summed E-state index contributed by atoms with van der Waals surface area (Å²) in [4.78, 5) is 22.4. The molecule has 0 unspecified atom stereocenters. The molecule has 1 heterocycles. The number of anilines is 3. The smallest absolute Gasteiger partial charge is 0.271 e. The molecule has 1 aromatic carbocycles. The number of non-ortho nitro benzene ring substituents is 1. The second-order valence-electron chi connectivity index (χ2n) is 4.64. The van der Waals surface area contributed by atoms with Gasteiger partial charge in [-0.2, -0.15) is 15.0 Å². The van der Waals surface area contributed by atoms with Gasteiger partial charge >= 0.3 is 0 Å². The van der Waals surface area contributed by atoms with E-state index in [1.165, 1.54) is 12.1 Å². The Labute approximate surface area is 132 Å². The summed E-state index contributed by atoms with van der Waals surface area (Å²) in [5.74, 6) is 0.564. The summed E-state index contributed by atoms with van der Waals surface area (Å²) < 4.78 is 0. The van der Waals surface area contributed by atoms with Crippen molar-refractivity contribution >= 4 is 34.9 Å². The molecule has 116 valence electrons. The first-order chi connectivity index (χ1) is 10.5. The van der Waals surface area contributed by atoms with E-state index in [0.29, 0.717) is 11.6 Å². The topological polar surface area (TPSA) is 106 Å². The van der Waals surface area contributed by atoms with Crippen LogP contribution >= 0.6 is 11.6 Å². The van der Waals surface area contributed by atoms with E-state index in [1.54, 1.807) is 12.1 Å². The van der Waals surface area contributed by atoms with E-state index in [2.05, 4.69) is 25.6 Å². The van der Waals surface area contributed by atoms with E-state index in [4.69, 9.17) is 11.6 Å². The molecule has 2 N–H and O–H groups in total. The molecule has 9 heteroatoms. The Balaban J connectivity index is 2.22. The Kier molecular flexibility index (Phi) is 5.05. The highest BCUT2D eigenvalue weighted by molar-refractivity contribution is 6.28. The van der Waals surface area contributed by atoms with E-state index >= 15 is 0 Å². The van der Waals surface area contributed by atoms with Crippen LogP contribution in [-0.4, -0.2) is 25.9 Å². The largest absolute Gasteiger partial charge is 0.352 e. The van der Waals surface area contributed by atoms with Crippen molar-refractivity contribution in [2.75, 3.05) is 10.6 Å². The maximum Gasteiger partial charge on any atom is 0.271 e. The van der Waals surface area contributed by atoms with Gasteiger partial charge in [-0.25, -0.2) is 0 Å². The van der Waals surface area contributed by atoms with Gasteiger partial charge in [0.05, 0.1) is 4.92 Å². The van der Waals surface area contributed by atoms with Gasteiger partial charge in [0, 0.05) is 23.9 Å². The van der Waals surface area contributed by atoms with Crippen LogP contribution in [0.25, 0.3) is 0 Å². The SMILES string of the molecule is CC[C@@H](C)Nc1nc(Cl)nc(Nc2cccc([N+](=O)[O-])c2)n1. The number of halogens is 1. The highest BCUT2D eigenvalue weighted by Crippen LogP contribution is 2.20. The molecule has 0 bridgehead atoms. The van der Waals surface area contributed by atoms with Crippen molar-refractivity contribution in [2.24, 2.45) is 0 Å². The summed E-state index contributed by atoms with van der Waals surface area (Å²) in [6.45, 7) is 4.02. The zero-order valence-electron chi connectivity index (χ0n) is 12.1. The number of nitro groups is 1. The highest BCUT2D eigenvalue weighted by Gasteiger charge is 2.10. The van der Waals surface area contributed by atoms with Gasteiger partial charge in [-0.05, 0) is 31.0 Å². The van der Waals surface area contributed by atoms with E-state index in [-0.39, 0.29) is 23.0 Å². The van der Waals surface area contributed by atoms with Gasteiger partial charge in [-0.3, -0.25) is 10.1 Å². The van der Waals surface area contributed by atoms with Crippen LogP contribution in [0.15, 0.2) is 24.3 Å². The second-order valence-corrected chi connectivity index (χ2v) is 4.98.